The Balaban J connectivity index is 2.33. The van der Waals surface area contributed by atoms with Gasteiger partial charge in [0.1, 0.15) is 5.75 Å². The lowest BCUT2D eigenvalue weighted by molar-refractivity contribution is -0.122. The van der Waals surface area contributed by atoms with E-state index in [2.05, 4.69) is 5.32 Å². The number of hydrogen-bond acceptors (Lipinski definition) is 4. The number of hydrogen-bond donors (Lipinski definition) is 4. The first kappa shape index (κ1) is 14.5. The lowest BCUT2D eigenvalue weighted by Gasteiger charge is -2.12. The number of amides is 1. The second kappa shape index (κ2) is 7.68. The van der Waals surface area contributed by atoms with Gasteiger partial charge in [-0.2, -0.15) is 0 Å². The Morgan fingerprint density at radius 2 is 1.94 bits per heavy atom. The van der Waals surface area contributed by atoms with Crippen molar-refractivity contribution in [3.05, 3.63) is 29.8 Å². The number of phenolic OH excluding ortho intramolecular Hbond substituents is 1. The molecule has 1 rings (SSSR count). The number of unbranched alkanes of at least 4 members (excludes halogenated alkanes) is 1. The minimum absolute atomic E-state index is 0.134. The molecule has 0 saturated heterocycles. The van der Waals surface area contributed by atoms with E-state index in [4.69, 9.17) is 15.9 Å². The van der Waals surface area contributed by atoms with Crippen LogP contribution >= 0.6 is 0 Å². The second-order valence-corrected chi connectivity index (χ2v) is 4.20. The molecule has 0 aromatic heterocycles. The zero-order valence-corrected chi connectivity index (χ0v) is 10.3. The van der Waals surface area contributed by atoms with Crippen LogP contribution in [0.2, 0.25) is 0 Å². The molecule has 1 aromatic carbocycles. The molecule has 0 saturated carbocycles. The first-order valence-corrected chi connectivity index (χ1v) is 6.05. The number of aliphatic hydroxyl groups excluding tert-OH is 1. The summed E-state index contributed by atoms with van der Waals surface area (Å²) in [7, 11) is 0. The molecule has 0 unspecified atom stereocenters. The Bertz CT molecular complexity index is 365. The summed E-state index contributed by atoms with van der Waals surface area (Å²) in [5, 5.41) is 20.5. The lowest BCUT2D eigenvalue weighted by Crippen LogP contribution is -2.42. The molecular formula is C13H20N2O3. The maximum atomic E-state index is 11.6. The van der Waals surface area contributed by atoms with Crippen LogP contribution in [0.15, 0.2) is 24.3 Å². The molecule has 5 N–H and O–H groups in total. The van der Waals surface area contributed by atoms with Crippen LogP contribution in [0.3, 0.4) is 0 Å². The summed E-state index contributed by atoms with van der Waals surface area (Å²) >= 11 is 0. The van der Waals surface area contributed by atoms with Crippen LogP contribution in [-0.2, 0) is 11.2 Å². The summed E-state index contributed by atoms with van der Waals surface area (Å²) in [6.45, 7) is 0.665. The fraction of sp³-hybridized carbons (Fsp3) is 0.462. The molecule has 0 heterocycles. The summed E-state index contributed by atoms with van der Waals surface area (Å²) in [6, 6.07) is 6.04. The molecule has 0 radical (unpaired) electrons. The third kappa shape index (κ3) is 5.16. The number of phenols is 1. The Kier molecular flexibility index (Phi) is 6.18. The molecular weight excluding hydrogens is 232 g/mol. The van der Waals surface area contributed by atoms with Crippen molar-refractivity contribution in [2.45, 2.75) is 25.3 Å². The number of benzene rings is 1. The van der Waals surface area contributed by atoms with Gasteiger partial charge in [0.05, 0.1) is 6.04 Å². The van der Waals surface area contributed by atoms with Crippen molar-refractivity contribution in [2.24, 2.45) is 5.73 Å². The normalized spacial score (nSPS) is 12.1. The van der Waals surface area contributed by atoms with Crippen molar-refractivity contribution in [1.82, 2.24) is 5.32 Å². The summed E-state index contributed by atoms with van der Waals surface area (Å²) in [6.07, 6.45) is 1.85. The van der Waals surface area contributed by atoms with E-state index >= 15 is 0 Å². The average Bonchev–Trinajstić information content (AvgIpc) is 2.37. The summed E-state index contributed by atoms with van der Waals surface area (Å²) in [5.74, 6) is 0.00166. The zero-order chi connectivity index (χ0) is 13.4. The SMILES string of the molecule is N[C@H](Cc1ccc(O)cc1)C(=O)NCCCCO. The summed E-state index contributed by atoms with van der Waals surface area (Å²) in [4.78, 5) is 11.6. The minimum atomic E-state index is -0.594. The van der Waals surface area contributed by atoms with Crippen molar-refractivity contribution in [1.29, 1.82) is 0 Å². The average molecular weight is 252 g/mol. The van der Waals surface area contributed by atoms with Crippen molar-refractivity contribution in [3.8, 4) is 5.75 Å². The largest absolute Gasteiger partial charge is 0.508 e. The number of aliphatic hydroxyl groups is 1. The van der Waals surface area contributed by atoms with Gasteiger partial charge in [0.2, 0.25) is 5.91 Å². The van der Waals surface area contributed by atoms with Crippen LogP contribution in [0, 0.1) is 0 Å². The fourth-order valence-electron chi connectivity index (χ4n) is 1.56. The van der Waals surface area contributed by atoms with Crippen LogP contribution < -0.4 is 11.1 Å². The Morgan fingerprint density at radius 1 is 1.28 bits per heavy atom. The molecule has 0 aliphatic rings. The second-order valence-electron chi connectivity index (χ2n) is 4.20. The highest BCUT2D eigenvalue weighted by atomic mass is 16.3. The van der Waals surface area contributed by atoms with Crippen molar-refractivity contribution < 1.29 is 15.0 Å². The third-order valence-electron chi connectivity index (χ3n) is 2.61. The van der Waals surface area contributed by atoms with E-state index in [1.807, 2.05) is 0 Å². The molecule has 0 aliphatic heterocycles. The van der Waals surface area contributed by atoms with Crippen LogP contribution in [0.25, 0.3) is 0 Å². The van der Waals surface area contributed by atoms with Crippen molar-refractivity contribution in [2.75, 3.05) is 13.2 Å². The van der Waals surface area contributed by atoms with Crippen LogP contribution in [0.4, 0.5) is 0 Å². The predicted molar refractivity (Wildman–Crippen MR) is 69.1 cm³/mol. The Labute approximate surface area is 107 Å². The van der Waals surface area contributed by atoms with Crippen molar-refractivity contribution in [3.63, 3.8) is 0 Å². The van der Waals surface area contributed by atoms with E-state index in [9.17, 15) is 4.79 Å². The van der Waals surface area contributed by atoms with Gasteiger partial charge >= 0.3 is 0 Å². The minimum Gasteiger partial charge on any atom is -0.508 e. The molecule has 18 heavy (non-hydrogen) atoms. The van der Waals surface area contributed by atoms with Gasteiger partial charge in [-0.3, -0.25) is 4.79 Å². The fourth-order valence-corrected chi connectivity index (χ4v) is 1.56. The van der Waals surface area contributed by atoms with Gasteiger partial charge < -0.3 is 21.3 Å². The first-order valence-electron chi connectivity index (χ1n) is 6.05. The molecule has 100 valence electrons. The van der Waals surface area contributed by atoms with Gasteiger partial charge in [-0.25, -0.2) is 0 Å². The van der Waals surface area contributed by atoms with E-state index in [-0.39, 0.29) is 18.3 Å². The van der Waals surface area contributed by atoms with Crippen LogP contribution in [0.5, 0.6) is 5.75 Å². The zero-order valence-electron chi connectivity index (χ0n) is 10.3. The first-order chi connectivity index (χ1) is 8.63. The third-order valence-corrected chi connectivity index (χ3v) is 2.61. The Morgan fingerprint density at radius 3 is 2.56 bits per heavy atom. The van der Waals surface area contributed by atoms with Gasteiger partial charge in [0.15, 0.2) is 0 Å². The molecule has 1 aromatic rings. The number of rotatable bonds is 7. The number of aromatic hydroxyl groups is 1. The maximum absolute atomic E-state index is 11.6. The highest BCUT2D eigenvalue weighted by molar-refractivity contribution is 5.81. The van der Waals surface area contributed by atoms with Gasteiger partial charge in [-0.15, -0.1) is 0 Å². The molecule has 1 amide bonds. The monoisotopic (exact) mass is 252 g/mol. The van der Waals surface area contributed by atoms with Crippen LogP contribution in [0.1, 0.15) is 18.4 Å². The summed E-state index contributed by atoms with van der Waals surface area (Å²) in [5.41, 5.74) is 6.69. The number of nitrogens with one attached hydrogen (secondary N) is 1. The highest BCUT2D eigenvalue weighted by Crippen LogP contribution is 2.10. The number of carbonyl (C=O) groups is 1. The molecule has 0 spiro atoms. The van der Waals surface area contributed by atoms with Crippen molar-refractivity contribution >= 4 is 5.91 Å². The molecule has 0 fully saturated rings. The lowest BCUT2D eigenvalue weighted by atomic mass is 10.1. The number of carbonyl (C=O) groups excluding carboxylic acids is 1. The predicted octanol–water partition coefficient (Wildman–Crippen LogP) is 0.151. The van der Waals surface area contributed by atoms with Gasteiger partial charge in [0, 0.05) is 13.2 Å². The van der Waals surface area contributed by atoms with Gasteiger partial charge in [0.25, 0.3) is 0 Å². The van der Waals surface area contributed by atoms with E-state index in [0.29, 0.717) is 19.4 Å². The molecule has 0 bridgehead atoms. The van der Waals surface area contributed by atoms with E-state index in [0.717, 1.165) is 12.0 Å². The maximum Gasteiger partial charge on any atom is 0.237 e. The standard InChI is InChI=1S/C13H20N2O3/c14-12(13(18)15-7-1-2-8-16)9-10-3-5-11(17)6-4-10/h3-6,12,16-17H,1-2,7-9,14H2,(H,15,18)/t12-/m1/s1. The molecule has 5 heteroatoms. The number of nitrogens with two attached hydrogens (primary N) is 1. The Hall–Kier alpha value is -1.59. The molecule has 1 atom stereocenters. The molecule has 5 nitrogen and oxygen atoms in total. The smallest absolute Gasteiger partial charge is 0.237 e. The van der Waals surface area contributed by atoms with E-state index < -0.39 is 6.04 Å². The topological polar surface area (TPSA) is 95.6 Å². The van der Waals surface area contributed by atoms with Crippen LogP contribution in [-0.4, -0.2) is 35.3 Å². The van der Waals surface area contributed by atoms with E-state index in [1.54, 1.807) is 24.3 Å². The quantitative estimate of drug-likeness (QED) is 0.519. The highest BCUT2D eigenvalue weighted by Gasteiger charge is 2.13. The summed E-state index contributed by atoms with van der Waals surface area (Å²) < 4.78 is 0. The van der Waals surface area contributed by atoms with E-state index in [1.165, 1.54) is 0 Å². The van der Waals surface area contributed by atoms with Gasteiger partial charge in [-0.1, -0.05) is 12.1 Å². The molecule has 0 aliphatic carbocycles. The van der Waals surface area contributed by atoms with Gasteiger partial charge in [-0.05, 0) is 37.0 Å².